The second-order valence-electron chi connectivity index (χ2n) is 6.04. The third kappa shape index (κ3) is 2.63. The Kier molecular flexibility index (Phi) is 4.16. The molecule has 0 spiro atoms. The zero-order valence-corrected chi connectivity index (χ0v) is 12.4. The molecule has 1 atom stereocenters. The average Bonchev–Trinajstić information content (AvgIpc) is 2.80. The number of nitrogens with zero attached hydrogens (tertiary/aromatic N) is 1. The van der Waals surface area contributed by atoms with Crippen LogP contribution in [0.2, 0.25) is 0 Å². The number of aliphatic hydroxyl groups excluding tert-OH is 1. The molecular formula is C16H25NO2. The lowest BCUT2D eigenvalue weighted by Gasteiger charge is -2.28. The number of methoxy groups -OCH3 is 1. The van der Waals surface area contributed by atoms with Crippen molar-refractivity contribution in [2.24, 2.45) is 0 Å². The number of hydrogen-bond acceptors (Lipinski definition) is 3. The van der Waals surface area contributed by atoms with Gasteiger partial charge in [0, 0.05) is 12.0 Å². The molecule has 1 heterocycles. The van der Waals surface area contributed by atoms with E-state index in [1.807, 2.05) is 6.07 Å². The minimum Gasteiger partial charge on any atom is -0.496 e. The van der Waals surface area contributed by atoms with Gasteiger partial charge in [-0.2, -0.15) is 0 Å². The van der Waals surface area contributed by atoms with Gasteiger partial charge in [0.2, 0.25) is 0 Å². The maximum atomic E-state index is 9.89. The first kappa shape index (κ1) is 14.4. The van der Waals surface area contributed by atoms with E-state index in [9.17, 15) is 5.11 Å². The quantitative estimate of drug-likeness (QED) is 0.905. The van der Waals surface area contributed by atoms with Gasteiger partial charge in [0.25, 0.3) is 0 Å². The highest BCUT2D eigenvalue weighted by Gasteiger charge is 2.38. The molecule has 2 rings (SSSR count). The van der Waals surface area contributed by atoms with Crippen molar-refractivity contribution >= 4 is 0 Å². The van der Waals surface area contributed by atoms with Crippen LogP contribution in [0.5, 0.6) is 5.75 Å². The summed E-state index contributed by atoms with van der Waals surface area (Å²) in [6, 6.07) is 6.37. The molecule has 0 amide bonds. The maximum Gasteiger partial charge on any atom is 0.122 e. The topological polar surface area (TPSA) is 32.7 Å². The molecule has 19 heavy (non-hydrogen) atoms. The van der Waals surface area contributed by atoms with Crippen molar-refractivity contribution in [2.75, 3.05) is 33.9 Å². The number of likely N-dealkylation sites (N-methyl/N-ethyl adjacent to an activating group) is 1. The zero-order chi connectivity index (χ0) is 14.0. The van der Waals surface area contributed by atoms with Gasteiger partial charge in [0.1, 0.15) is 5.75 Å². The van der Waals surface area contributed by atoms with E-state index in [2.05, 4.69) is 37.9 Å². The van der Waals surface area contributed by atoms with Gasteiger partial charge in [-0.05, 0) is 43.1 Å². The SMILES string of the molecule is COc1ccc(C2(CO)CCN(C)C2)cc1C(C)C. The third-order valence-corrected chi connectivity index (χ3v) is 4.31. The Morgan fingerprint density at radius 3 is 2.63 bits per heavy atom. The van der Waals surface area contributed by atoms with E-state index >= 15 is 0 Å². The minimum absolute atomic E-state index is 0.106. The van der Waals surface area contributed by atoms with Crippen molar-refractivity contribution < 1.29 is 9.84 Å². The smallest absolute Gasteiger partial charge is 0.122 e. The van der Waals surface area contributed by atoms with Gasteiger partial charge in [-0.3, -0.25) is 0 Å². The number of hydrogen-bond donors (Lipinski definition) is 1. The van der Waals surface area contributed by atoms with Crippen LogP contribution in [0.25, 0.3) is 0 Å². The van der Waals surface area contributed by atoms with Gasteiger partial charge in [-0.15, -0.1) is 0 Å². The molecule has 3 nitrogen and oxygen atoms in total. The first-order valence-corrected chi connectivity index (χ1v) is 7.00. The highest BCUT2D eigenvalue weighted by molar-refractivity contribution is 5.42. The lowest BCUT2D eigenvalue weighted by Crippen LogP contribution is -2.33. The van der Waals surface area contributed by atoms with Crippen LogP contribution in [0.1, 0.15) is 37.3 Å². The number of ether oxygens (including phenoxy) is 1. The van der Waals surface area contributed by atoms with Crippen molar-refractivity contribution in [3.05, 3.63) is 29.3 Å². The molecule has 1 aromatic rings. The molecular weight excluding hydrogens is 238 g/mol. The monoisotopic (exact) mass is 263 g/mol. The van der Waals surface area contributed by atoms with Crippen LogP contribution in [-0.2, 0) is 5.41 Å². The lowest BCUT2D eigenvalue weighted by molar-refractivity contribution is 0.195. The van der Waals surface area contributed by atoms with Crippen LogP contribution in [0, 0.1) is 0 Å². The molecule has 0 aromatic heterocycles. The first-order valence-electron chi connectivity index (χ1n) is 7.00. The summed E-state index contributed by atoms with van der Waals surface area (Å²) in [5.41, 5.74) is 2.36. The average molecular weight is 263 g/mol. The summed E-state index contributed by atoms with van der Waals surface area (Å²) in [5.74, 6) is 1.36. The largest absolute Gasteiger partial charge is 0.496 e. The van der Waals surface area contributed by atoms with E-state index < -0.39 is 0 Å². The Balaban J connectivity index is 2.42. The Morgan fingerprint density at radius 2 is 2.16 bits per heavy atom. The second kappa shape index (κ2) is 5.51. The Bertz CT molecular complexity index is 444. The Hall–Kier alpha value is -1.06. The third-order valence-electron chi connectivity index (χ3n) is 4.31. The summed E-state index contributed by atoms with van der Waals surface area (Å²) in [7, 11) is 3.83. The molecule has 1 unspecified atom stereocenters. The highest BCUT2D eigenvalue weighted by Crippen LogP contribution is 2.37. The summed E-state index contributed by atoms with van der Waals surface area (Å²) < 4.78 is 5.44. The van der Waals surface area contributed by atoms with Gasteiger partial charge in [0.05, 0.1) is 13.7 Å². The van der Waals surface area contributed by atoms with Crippen molar-refractivity contribution in [1.29, 1.82) is 0 Å². The lowest BCUT2D eigenvalue weighted by atomic mass is 9.79. The Labute approximate surface area is 116 Å². The van der Waals surface area contributed by atoms with Crippen LogP contribution in [-0.4, -0.2) is 43.9 Å². The fraction of sp³-hybridized carbons (Fsp3) is 0.625. The second-order valence-corrected chi connectivity index (χ2v) is 6.04. The van der Waals surface area contributed by atoms with Crippen LogP contribution in [0.3, 0.4) is 0 Å². The highest BCUT2D eigenvalue weighted by atomic mass is 16.5. The van der Waals surface area contributed by atoms with Crippen molar-refractivity contribution in [2.45, 2.75) is 31.6 Å². The van der Waals surface area contributed by atoms with E-state index in [0.29, 0.717) is 5.92 Å². The summed E-state index contributed by atoms with van der Waals surface area (Å²) in [6.07, 6.45) is 1.02. The fourth-order valence-corrected chi connectivity index (χ4v) is 3.05. The predicted octanol–water partition coefficient (Wildman–Crippen LogP) is 2.38. The molecule has 3 heteroatoms. The normalized spacial score (nSPS) is 24.1. The van der Waals surface area contributed by atoms with Crippen molar-refractivity contribution in [3.63, 3.8) is 0 Å². The van der Waals surface area contributed by atoms with Crippen LogP contribution in [0.4, 0.5) is 0 Å². The molecule has 106 valence electrons. The van der Waals surface area contributed by atoms with Gasteiger partial charge >= 0.3 is 0 Å². The molecule has 1 fully saturated rings. The minimum atomic E-state index is -0.106. The molecule has 0 bridgehead atoms. The number of aliphatic hydroxyl groups is 1. The summed E-state index contributed by atoms with van der Waals surface area (Å²) in [6.45, 7) is 6.53. The molecule has 0 aliphatic carbocycles. The number of likely N-dealkylation sites (tertiary alicyclic amines) is 1. The molecule has 1 aliphatic rings. The zero-order valence-electron chi connectivity index (χ0n) is 12.4. The van der Waals surface area contributed by atoms with E-state index in [4.69, 9.17) is 4.74 Å². The molecule has 1 N–H and O–H groups in total. The molecule has 1 aliphatic heterocycles. The van der Waals surface area contributed by atoms with Gasteiger partial charge in [-0.1, -0.05) is 26.0 Å². The first-order chi connectivity index (χ1) is 9.02. The molecule has 0 radical (unpaired) electrons. The molecule has 1 aromatic carbocycles. The van der Waals surface area contributed by atoms with Crippen LogP contribution < -0.4 is 4.74 Å². The van der Waals surface area contributed by atoms with E-state index in [0.717, 1.165) is 25.3 Å². The molecule has 0 saturated carbocycles. The van der Waals surface area contributed by atoms with E-state index in [1.165, 1.54) is 11.1 Å². The summed E-state index contributed by atoms with van der Waals surface area (Å²) >= 11 is 0. The summed E-state index contributed by atoms with van der Waals surface area (Å²) in [5, 5.41) is 9.89. The standard InChI is InChI=1S/C16H25NO2/c1-12(2)14-9-13(5-6-15(14)19-4)16(11-18)7-8-17(3)10-16/h5-6,9,12,18H,7-8,10-11H2,1-4H3. The van der Waals surface area contributed by atoms with Crippen molar-refractivity contribution in [1.82, 2.24) is 4.90 Å². The van der Waals surface area contributed by atoms with Gasteiger partial charge < -0.3 is 14.7 Å². The van der Waals surface area contributed by atoms with E-state index in [1.54, 1.807) is 7.11 Å². The van der Waals surface area contributed by atoms with Crippen LogP contribution in [0.15, 0.2) is 18.2 Å². The summed E-state index contributed by atoms with van der Waals surface area (Å²) in [4.78, 5) is 2.29. The van der Waals surface area contributed by atoms with E-state index in [-0.39, 0.29) is 12.0 Å². The van der Waals surface area contributed by atoms with Gasteiger partial charge in [0.15, 0.2) is 0 Å². The van der Waals surface area contributed by atoms with Crippen LogP contribution >= 0.6 is 0 Å². The Morgan fingerprint density at radius 1 is 1.42 bits per heavy atom. The predicted molar refractivity (Wildman–Crippen MR) is 78.0 cm³/mol. The van der Waals surface area contributed by atoms with Gasteiger partial charge in [-0.25, -0.2) is 0 Å². The fourth-order valence-electron chi connectivity index (χ4n) is 3.05. The molecule has 1 saturated heterocycles. The maximum absolute atomic E-state index is 9.89. The van der Waals surface area contributed by atoms with Crippen molar-refractivity contribution in [3.8, 4) is 5.75 Å². The number of rotatable bonds is 4. The number of benzene rings is 1.